The predicted molar refractivity (Wildman–Crippen MR) is 110 cm³/mol. The first kappa shape index (κ1) is 18.6. The van der Waals surface area contributed by atoms with E-state index in [4.69, 9.17) is 0 Å². The van der Waals surface area contributed by atoms with E-state index in [1.807, 2.05) is 48.5 Å². The van der Waals surface area contributed by atoms with E-state index in [1.165, 1.54) is 6.20 Å². The number of benzene rings is 3. The number of carbonyl (C=O) groups excluding carboxylic acids is 2. The molecule has 1 atom stereocenters. The molecule has 4 rings (SSSR count). The minimum atomic E-state index is -1.47. The Morgan fingerprint density at radius 1 is 0.750 bits per heavy atom. The maximum atomic E-state index is 13.2. The quantitative estimate of drug-likeness (QED) is 0.442. The normalized spacial score (nSPS) is 14.9. The summed E-state index contributed by atoms with van der Waals surface area (Å²) in [5, 5.41) is 0. The van der Waals surface area contributed by atoms with Crippen molar-refractivity contribution in [3.63, 3.8) is 0 Å². The van der Waals surface area contributed by atoms with Crippen LogP contribution in [-0.2, 0) is 10.8 Å². The molecule has 138 valence electrons. The molecule has 1 aliphatic heterocycles. The van der Waals surface area contributed by atoms with E-state index >= 15 is 0 Å². The fraction of sp³-hybridized carbons (Fsp3) is 0. The van der Waals surface area contributed by atoms with Crippen LogP contribution in [0.15, 0.2) is 99.8 Å². The van der Waals surface area contributed by atoms with Crippen LogP contribution in [-0.4, -0.2) is 35.9 Å². The predicted octanol–water partition coefficient (Wildman–Crippen LogP) is 2.92. The molecule has 0 saturated heterocycles. The molecule has 6 heteroatoms. The van der Waals surface area contributed by atoms with E-state index in [1.54, 1.807) is 36.4 Å². The Balaban J connectivity index is 1.74. The molecule has 0 aromatic heterocycles. The second kappa shape index (κ2) is 8.07. The number of hydrogen-bond acceptors (Lipinski definition) is 3. The van der Waals surface area contributed by atoms with Gasteiger partial charge in [0, 0.05) is 0 Å². The standard InChI is InChI=1S/C22H15NO3SSe/c24-21-18-13-7-8-14-19(18)22(25)23(21)15-20(28-17-11-5-2-6-12-17)27(26)16-9-3-1-4-10-16/h1-15H/b20-15-. The van der Waals surface area contributed by atoms with Gasteiger partial charge in [-0.3, -0.25) is 0 Å². The van der Waals surface area contributed by atoms with Crippen LogP contribution in [0.4, 0.5) is 0 Å². The van der Waals surface area contributed by atoms with Gasteiger partial charge < -0.3 is 0 Å². The molecule has 0 N–H and O–H groups in total. The van der Waals surface area contributed by atoms with Gasteiger partial charge in [-0.05, 0) is 0 Å². The number of imide groups is 1. The SMILES string of the molecule is O=C1c2ccccc2C(=O)N1/C=C(\[Se]c1ccccc1)S(=O)c1ccccc1. The monoisotopic (exact) mass is 453 g/mol. The Labute approximate surface area is 171 Å². The van der Waals surface area contributed by atoms with Crippen LogP contribution >= 0.6 is 0 Å². The van der Waals surface area contributed by atoms with E-state index in [-0.39, 0.29) is 26.8 Å². The summed E-state index contributed by atoms with van der Waals surface area (Å²) in [6, 6.07) is 25.5. The van der Waals surface area contributed by atoms with Crippen LogP contribution in [0.1, 0.15) is 20.7 Å². The van der Waals surface area contributed by atoms with Gasteiger partial charge >= 0.3 is 172 Å². The van der Waals surface area contributed by atoms with Crippen molar-refractivity contribution in [2.24, 2.45) is 0 Å². The molecule has 4 nitrogen and oxygen atoms in total. The molecule has 0 spiro atoms. The molecule has 0 saturated carbocycles. The van der Waals surface area contributed by atoms with Gasteiger partial charge in [-0.1, -0.05) is 0 Å². The Bertz CT molecular complexity index is 1060. The molecule has 28 heavy (non-hydrogen) atoms. The first-order valence-corrected chi connectivity index (χ1v) is 11.4. The Hall–Kier alpha value is -2.79. The number of fused-ring (bicyclic) bond motifs is 1. The summed E-state index contributed by atoms with van der Waals surface area (Å²) in [4.78, 5) is 27.2. The summed E-state index contributed by atoms with van der Waals surface area (Å²) >= 11 is -0.308. The van der Waals surface area contributed by atoms with Gasteiger partial charge in [0.15, 0.2) is 0 Å². The Morgan fingerprint density at radius 2 is 1.25 bits per heavy atom. The number of rotatable bonds is 5. The zero-order valence-corrected chi connectivity index (χ0v) is 17.2. The fourth-order valence-electron chi connectivity index (χ4n) is 2.81. The fourth-order valence-corrected chi connectivity index (χ4v) is 6.74. The molecule has 3 aromatic rings. The van der Waals surface area contributed by atoms with Crippen molar-refractivity contribution < 1.29 is 13.8 Å². The zero-order valence-electron chi connectivity index (χ0n) is 14.6. The molecule has 1 heterocycles. The summed E-state index contributed by atoms with van der Waals surface area (Å²) in [5.41, 5.74) is 0.751. The van der Waals surface area contributed by atoms with Crippen molar-refractivity contribution in [1.82, 2.24) is 4.90 Å². The molecule has 1 unspecified atom stereocenters. The van der Waals surface area contributed by atoms with E-state index in [2.05, 4.69) is 0 Å². The van der Waals surface area contributed by atoms with Crippen molar-refractivity contribution in [3.05, 3.63) is 106 Å². The first-order chi connectivity index (χ1) is 13.6. The molecule has 0 fully saturated rings. The molecule has 3 aromatic carbocycles. The Kier molecular flexibility index (Phi) is 5.35. The van der Waals surface area contributed by atoms with Crippen LogP contribution in [0.5, 0.6) is 0 Å². The average Bonchev–Trinajstić information content (AvgIpc) is 2.99. The van der Waals surface area contributed by atoms with Crippen LogP contribution < -0.4 is 4.46 Å². The van der Waals surface area contributed by atoms with E-state index in [9.17, 15) is 13.8 Å². The van der Waals surface area contributed by atoms with E-state index in [0.29, 0.717) is 19.8 Å². The molecular weight excluding hydrogens is 437 g/mol. The van der Waals surface area contributed by atoms with Crippen LogP contribution in [0.25, 0.3) is 0 Å². The van der Waals surface area contributed by atoms with Crippen LogP contribution in [0, 0.1) is 0 Å². The van der Waals surface area contributed by atoms with Crippen molar-refractivity contribution in [1.29, 1.82) is 0 Å². The molecule has 0 bridgehead atoms. The molecule has 0 aliphatic carbocycles. The Morgan fingerprint density at radius 3 is 1.82 bits per heavy atom. The molecule has 2 amide bonds. The third-order valence-electron chi connectivity index (χ3n) is 4.16. The first-order valence-electron chi connectivity index (χ1n) is 8.53. The zero-order chi connectivity index (χ0) is 19.5. The molecule has 1 aliphatic rings. The average molecular weight is 452 g/mol. The molecule has 0 radical (unpaired) electrons. The van der Waals surface area contributed by atoms with Crippen LogP contribution in [0.3, 0.4) is 0 Å². The minimum absolute atomic E-state index is 0.308. The number of amides is 2. The summed E-state index contributed by atoms with van der Waals surface area (Å²) in [7, 11) is -1.47. The summed E-state index contributed by atoms with van der Waals surface area (Å²) in [6.45, 7) is 0. The summed E-state index contributed by atoms with van der Waals surface area (Å²) < 4.78 is 14.8. The molecular formula is C22H15NO3SSe. The van der Waals surface area contributed by atoms with E-state index in [0.717, 1.165) is 9.36 Å². The van der Waals surface area contributed by atoms with Crippen molar-refractivity contribution in [2.45, 2.75) is 4.90 Å². The third-order valence-corrected chi connectivity index (χ3v) is 8.43. The van der Waals surface area contributed by atoms with Gasteiger partial charge in [0.25, 0.3) is 0 Å². The van der Waals surface area contributed by atoms with Gasteiger partial charge in [-0.2, -0.15) is 0 Å². The topological polar surface area (TPSA) is 54.5 Å². The number of hydrogen-bond donors (Lipinski definition) is 0. The van der Waals surface area contributed by atoms with Gasteiger partial charge in [-0.15, -0.1) is 0 Å². The van der Waals surface area contributed by atoms with Gasteiger partial charge in [0.05, 0.1) is 0 Å². The second-order valence-corrected chi connectivity index (χ2v) is 10.3. The second-order valence-electron chi connectivity index (χ2n) is 5.97. The van der Waals surface area contributed by atoms with Crippen LogP contribution in [0.2, 0.25) is 0 Å². The van der Waals surface area contributed by atoms with E-state index < -0.39 is 10.8 Å². The number of nitrogens with zero attached hydrogens (tertiary/aromatic N) is 1. The summed E-state index contributed by atoms with van der Waals surface area (Å²) in [6.07, 6.45) is 1.47. The van der Waals surface area contributed by atoms with Crippen molar-refractivity contribution >= 4 is 42.0 Å². The number of carbonyl (C=O) groups is 2. The van der Waals surface area contributed by atoms with Gasteiger partial charge in [-0.25, -0.2) is 0 Å². The third kappa shape index (κ3) is 3.62. The van der Waals surface area contributed by atoms with Gasteiger partial charge in [0.2, 0.25) is 0 Å². The van der Waals surface area contributed by atoms with Crippen molar-refractivity contribution in [2.75, 3.05) is 0 Å². The van der Waals surface area contributed by atoms with Gasteiger partial charge in [0.1, 0.15) is 0 Å². The summed E-state index contributed by atoms with van der Waals surface area (Å²) in [5.74, 6) is -0.765. The van der Waals surface area contributed by atoms with Crippen molar-refractivity contribution in [3.8, 4) is 0 Å². The maximum absolute atomic E-state index is 13.2.